The monoisotopic (exact) mass is 374 g/mol. The van der Waals surface area contributed by atoms with Crippen LogP contribution in [0.5, 0.6) is 5.75 Å². The Labute approximate surface area is 164 Å². The minimum atomic E-state index is -0.175. The summed E-state index contributed by atoms with van der Waals surface area (Å²) in [4.78, 5) is 17.2. The lowest BCUT2D eigenvalue weighted by atomic mass is 10.0. The summed E-state index contributed by atoms with van der Waals surface area (Å²) in [6.07, 6.45) is 2.31. The number of carbonyl (C=O) groups excluding carboxylic acids is 1. The highest BCUT2D eigenvalue weighted by molar-refractivity contribution is 6.04. The van der Waals surface area contributed by atoms with Gasteiger partial charge in [-0.25, -0.2) is 0 Å². The normalized spacial score (nSPS) is 10.6. The second kappa shape index (κ2) is 9.37. The Hall–Kier alpha value is -3.60. The van der Waals surface area contributed by atoms with Crippen LogP contribution in [0.15, 0.2) is 78.0 Å². The van der Waals surface area contributed by atoms with E-state index in [-0.39, 0.29) is 5.91 Å². The zero-order chi connectivity index (χ0) is 19.8. The van der Waals surface area contributed by atoms with Gasteiger partial charge in [0.25, 0.3) is 5.91 Å². The molecule has 0 aliphatic rings. The van der Waals surface area contributed by atoms with Crippen LogP contribution in [0.25, 0.3) is 0 Å². The Kier molecular flexibility index (Phi) is 6.41. The molecule has 0 aliphatic carbocycles. The van der Waals surface area contributed by atoms with Crippen LogP contribution in [-0.4, -0.2) is 26.3 Å². The molecular formula is C23H22N2O3. The van der Waals surface area contributed by atoms with Crippen molar-refractivity contribution in [2.24, 2.45) is 5.16 Å². The molecule has 142 valence electrons. The van der Waals surface area contributed by atoms with E-state index >= 15 is 0 Å². The first-order chi connectivity index (χ1) is 13.7. The number of anilines is 1. The van der Waals surface area contributed by atoms with Gasteiger partial charge in [-0.1, -0.05) is 47.6 Å². The molecule has 0 atom stereocenters. The van der Waals surface area contributed by atoms with Crippen LogP contribution in [0.3, 0.4) is 0 Å². The summed E-state index contributed by atoms with van der Waals surface area (Å²) in [5, 5.41) is 6.65. The van der Waals surface area contributed by atoms with Crippen LogP contribution >= 0.6 is 0 Å². The molecule has 0 spiro atoms. The van der Waals surface area contributed by atoms with Gasteiger partial charge < -0.3 is 14.9 Å². The molecular weight excluding hydrogens is 352 g/mol. The Morgan fingerprint density at radius 3 is 2.43 bits per heavy atom. The van der Waals surface area contributed by atoms with E-state index in [1.165, 1.54) is 12.7 Å². The molecule has 0 aliphatic heterocycles. The summed E-state index contributed by atoms with van der Waals surface area (Å²) in [5.74, 6) is 0.620. The maximum atomic E-state index is 12.6. The van der Waals surface area contributed by atoms with Crippen molar-refractivity contribution in [1.29, 1.82) is 0 Å². The van der Waals surface area contributed by atoms with Gasteiger partial charge in [-0.05, 0) is 41.5 Å². The van der Waals surface area contributed by atoms with Crippen molar-refractivity contribution in [1.82, 2.24) is 0 Å². The van der Waals surface area contributed by atoms with Gasteiger partial charge in [-0.15, -0.1) is 0 Å². The number of methoxy groups -OCH3 is 1. The SMILES string of the molecule is CO/N=C/c1ccc(C(=O)Nc2ccc(OC)c(Cc3ccccc3)c2)cc1. The third-order valence-corrected chi connectivity index (χ3v) is 4.26. The Morgan fingerprint density at radius 2 is 1.75 bits per heavy atom. The summed E-state index contributed by atoms with van der Waals surface area (Å²) in [6, 6.07) is 22.9. The van der Waals surface area contributed by atoms with Gasteiger partial charge in [0.2, 0.25) is 0 Å². The van der Waals surface area contributed by atoms with Gasteiger partial charge in [0.05, 0.1) is 13.3 Å². The molecule has 3 aromatic carbocycles. The van der Waals surface area contributed by atoms with E-state index in [4.69, 9.17) is 4.74 Å². The van der Waals surface area contributed by atoms with Crippen LogP contribution in [-0.2, 0) is 11.3 Å². The molecule has 0 saturated carbocycles. The van der Waals surface area contributed by atoms with Gasteiger partial charge in [-0.3, -0.25) is 4.79 Å². The van der Waals surface area contributed by atoms with Crippen molar-refractivity contribution < 1.29 is 14.4 Å². The number of hydrogen-bond donors (Lipinski definition) is 1. The number of carbonyl (C=O) groups is 1. The number of oxime groups is 1. The van der Waals surface area contributed by atoms with Crippen molar-refractivity contribution in [2.45, 2.75) is 6.42 Å². The number of ether oxygens (including phenoxy) is 1. The minimum Gasteiger partial charge on any atom is -0.496 e. The Morgan fingerprint density at radius 1 is 1.00 bits per heavy atom. The van der Waals surface area contributed by atoms with E-state index in [1.54, 1.807) is 25.5 Å². The first-order valence-corrected chi connectivity index (χ1v) is 8.88. The number of nitrogens with one attached hydrogen (secondary N) is 1. The summed E-state index contributed by atoms with van der Waals surface area (Å²) < 4.78 is 5.47. The van der Waals surface area contributed by atoms with Crippen molar-refractivity contribution >= 4 is 17.8 Å². The maximum Gasteiger partial charge on any atom is 0.255 e. The zero-order valence-electron chi connectivity index (χ0n) is 15.9. The van der Waals surface area contributed by atoms with Crippen molar-refractivity contribution in [3.8, 4) is 5.75 Å². The molecule has 0 radical (unpaired) electrons. The fourth-order valence-corrected chi connectivity index (χ4v) is 2.85. The lowest BCUT2D eigenvalue weighted by molar-refractivity contribution is 0.102. The Balaban J connectivity index is 1.75. The molecule has 3 aromatic rings. The highest BCUT2D eigenvalue weighted by atomic mass is 16.6. The van der Waals surface area contributed by atoms with Gasteiger partial charge in [0.1, 0.15) is 12.9 Å². The molecule has 0 heterocycles. The molecule has 5 heteroatoms. The van der Waals surface area contributed by atoms with Gasteiger partial charge >= 0.3 is 0 Å². The second-order valence-electron chi connectivity index (χ2n) is 6.18. The minimum absolute atomic E-state index is 0.175. The number of amides is 1. The van der Waals surface area contributed by atoms with Crippen LogP contribution in [0.4, 0.5) is 5.69 Å². The summed E-state index contributed by atoms with van der Waals surface area (Å²) in [6.45, 7) is 0. The smallest absolute Gasteiger partial charge is 0.255 e. The van der Waals surface area contributed by atoms with Crippen LogP contribution < -0.4 is 10.1 Å². The van der Waals surface area contributed by atoms with E-state index in [0.29, 0.717) is 5.56 Å². The van der Waals surface area contributed by atoms with Crippen molar-refractivity contribution in [3.63, 3.8) is 0 Å². The summed E-state index contributed by atoms with van der Waals surface area (Å²) >= 11 is 0. The van der Waals surface area contributed by atoms with Crippen LogP contribution in [0.1, 0.15) is 27.0 Å². The molecule has 3 rings (SSSR count). The number of rotatable bonds is 7. The number of benzene rings is 3. The first-order valence-electron chi connectivity index (χ1n) is 8.88. The average Bonchev–Trinajstić information content (AvgIpc) is 2.73. The Bertz CT molecular complexity index is 951. The largest absolute Gasteiger partial charge is 0.496 e. The van der Waals surface area contributed by atoms with Gasteiger partial charge in [0.15, 0.2) is 0 Å². The summed E-state index contributed by atoms with van der Waals surface area (Å²) in [5.41, 5.74) is 4.33. The lowest BCUT2D eigenvalue weighted by Gasteiger charge is -2.12. The predicted molar refractivity (Wildman–Crippen MR) is 111 cm³/mol. The zero-order valence-corrected chi connectivity index (χ0v) is 15.9. The third kappa shape index (κ3) is 4.98. The lowest BCUT2D eigenvalue weighted by Crippen LogP contribution is -2.12. The first kappa shape index (κ1) is 19.2. The molecule has 0 saturated heterocycles. The summed E-state index contributed by atoms with van der Waals surface area (Å²) in [7, 11) is 3.13. The molecule has 0 fully saturated rings. The van der Waals surface area contributed by atoms with E-state index in [2.05, 4.69) is 27.4 Å². The average molecular weight is 374 g/mol. The molecule has 0 aromatic heterocycles. The maximum absolute atomic E-state index is 12.6. The molecule has 0 bridgehead atoms. The van der Waals surface area contributed by atoms with E-state index in [9.17, 15) is 4.79 Å². The van der Waals surface area contributed by atoms with E-state index in [1.807, 2.05) is 48.5 Å². The molecule has 1 amide bonds. The van der Waals surface area contributed by atoms with Crippen LogP contribution in [0, 0.1) is 0 Å². The van der Waals surface area contributed by atoms with E-state index in [0.717, 1.165) is 29.0 Å². The van der Waals surface area contributed by atoms with Crippen molar-refractivity contribution in [2.75, 3.05) is 19.5 Å². The fraction of sp³-hybridized carbons (Fsp3) is 0.130. The van der Waals surface area contributed by atoms with Crippen molar-refractivity contribution in [3.05, 3.63) is 95.1 Å². The highest BCUT2D eigenvalue weighted by Gasteiger charge is 2.10. The third-order valence-electron chi connectivity index (χ3n) is 4.26. The predicted octanol–water partition coefficient (Wildman–Crippen LogP) is 4.52. The highest BCUT2D eigenvalue weighted by Crippen LogP contribution is 2.25. The topological polar surface area (TPSA) is 59.9 Å². The molecule has 28 heavy (non-hydrogen) atoms. The molecule has 1 N–H and O–H groups in total. The molecule has 0 unspecified atom stereocenters. The quantitative estimate of drug-likeness (QED) is 0.489. The number of nitrogens with zero attached hydrogens (tertiary/aromatic N) is 1. The number of hydrogen-bond acceptors (Lipinski definition) is 4. The van der Waals surface area contributed by atoms with Gasteiger partial charge in [-0.2, -0.15) is 0 Å². The van der Waals surface area contributed by atoms with Crippen LogP contribution in [0.2, 0.25) is 0 Å². The second-order valence-corrected chi connectivity index (χ2v) is 6.18. The molecule has 5 nitrogen and oxygen atoms in total. The van der Waals surface area contributed by atoms with E-state index < -0.39 is 0 Å². The fourth-order valence-electron chi connectivity index (χ4n) is 2.85. The van der Waals surface area contributed by atoms with Gasteiger partial charge in [0, 0.05) is 23.2 Å². The standard InChI is InChI=1S/C23H22N2O3/c1-27-22-13-12-21(15-20(22)14-17-6-4-3-5-7-17)25-23(26)19-10-8-18(9-11-19)16-24-28-2/h3-13,15-16H,14H2,1-2H3,(H,25,26)/b24-16+.